The summed E-state index contributed by atoms with van der Waals surface area (Å²) in [5.74, 6) is 0.295. The lowest BCUT2D eigenvalue weighted by molar-refractivity contribution is -0.384. The molecule has 8 nitrogen and oxygen atoms in total. The third-order valence-electron chi connectivity index (χ3n) is 4.36. The van der Waals surface area contributed by atoms with E-state index in [4.69, 9.17) is 9.47 Å². The molecule has 0 heterocycles. The second-order valence-corrected chi connectivity index (χ2v) is 6.78. The molecule has 0 aliphatic carbocycles. The van der Waals surface area contributed by atoms with Crippen LogP contribution in [-0.4, -0.2) is 16.8 Å². The molecule has 1 N–H and O–H groups in total. The molecule has 1 amide bonds. The second kappa shape index (κ2) is 9.53. The molecule has 0 radical (unpaired) electrons. The topological polar surface area (TPSA) is 108 Å². The molecule has 0 saturated carbocycles. The lowest BCUT2D eigenvalue weighted by Gasteiger charge is -2.10. The van der Waals surface area contributed by atoms with Crippen molar-refractivity contribution in [3.63, 3.8) is 0 Å². The van der Waals surface area contributed by atoms with E-state index in [1.165, 1.54) is 31.2 Å². The number of anilines is 1. The molecule has 0 unspecified atom stereocenters. The predicted octanol–water partition coefficient (Wildman–Crippen LogP) is 5.01. The number of esters is 1. The number of non-ortho nitro benzene ring substituents is 1. The van der Waals surface area contributed by atoms with Crippen molar-refractivity contribution in [1.29, 1.82) is 0 Å². The van der Waals surface area contributed by atoms with Gasteiger partial charge in [-0.25, -0.2) is 4.79 Å². The zero-order chi connectivity index (χ0) is 22.4. The highest BCUT2D eigenvalue weighted by Crippen LogP contribution is 2.24. The Morgan fingerprint density at radius 3 is 2.16 bits per heavy atom. The van der Waals surface area contributed by atoms with Crippen molar-refractivity contribution in [3.8, 4) is 11.5 Å². The Balaban J connectivity index is 1.58. The van der Waals surface area contributed by atoms with Crippen molar-refractivity contribution in [3.05, 3.63) is 93.5 Å². The minimum atomic E-state index is -0.502. The van der Waals surface area contributed by atoms with Crippen LogP contribution in [0.3, 0.4) is 0 Å². The Hall–Kier alpha value is -4.20. The van der Waals surface area contributed by atoms with Crippen molar-refractivity contribution in [2.24, 2.45) is 0 Å². The van der Waals surface area contributed by atoms with Crippen molar-refractivity contribution in [2.75, 3.05) is 5.32 Å². The number of hydrogen-bond acceptors (Lipinski definition) is 6. The number of rotatable bonds is 7. The largest absolute Gasteiger partial charge is 0.457 e. The summed E-state index contributed by atoms with van der Waals surface area (Å²) >= 11 is 0. The zero-order valence-electron chi connectivity index (χ0n) is 17.0. The highest BCUT2D eigenvalue weighted by atomic mass is 16.6. The van der Waals surface area contributed by atoms with Gasteiger partial charge >= 0.3 is 5.97 Å². The molecule has 0 atom stereocenters. The molecular formula is C23H20N2O6. The van der Waals surface area contributed by atoms with Crippen LogP contribution in [0.25, 0.3) is 0 Å². The van der Waals surface area contributed by atoms with Gasteiger partial charge in [-0.3, -0.25) is 14.9 Å². The molecule has 0 aliphatic heterocycles. The van der Waals surface area contributed by atoms with Crippen LogP contribution in [0.4, 0.5) is 11.4 Å². The lowest BCUT2D eigenvalue weighted by Crippen LogP contribution is -2.10. The van der Waals surface area contributed by atoms with Crippen LogP contribution in [0, 0.1) is 17.0 Å². The highest BCUT2D eigenvalue weighted by molar-refractivity contribution is 5.94. The fourth-order valence-corrected chi connectivity index (χ4v) is 2.73. The van der Waals surface area contributed by atoms with E-state index in [0.29, 0.717) is 22.7 Å². The SMILES string of the molecule is CC(=O)Nc1cc(C(=O)OCc2ccc(Oc3ccc([N+](=O)[O-])cc3)cc2)ccc1C. The standard InChI is InChI=1S/C23H20N2O6/c1-15-3-6-18(13-22(15)24-16(2)26)23(27)30-14-17-4-9-20(10-5-17)31-21-11-7-19(8-12-21)25(28)29/h3-13H,14H2,1-2H3,(H,24,26). The maximum absolute atomic E-state index is 12.3. The maximum atomic E-state index is 12.3. The lowest BCUT2D eigenvalue weighted by atomic mass is 10.1. The smallest absolute Gasteiger partial charge is 0.338 e. The minimum absolute atomic E-state index is 0.0118. The Kier molecular flexibility index (Phi) is 6.61. The van der Waals surface area contributed by atoms with Crippen molar-refractivity contribution < 1.29 is 24.0 Å². The number of nitrogens with one attached hydrogen (secondary N) is 1. The number of nitro benzene ring substituents is 1. The number of nitrogens with zero attached hydrogens (tertiary/aromatic N) is 1. The fourth-order valence-electron chi connectivity index (χ4n) is 2.73. The van der Waals surface area contributed by atoms with Crippen molar-refractivity contribution in [2.45, 2.75) is 20.5 Å². The number of hydrogen-bond donors (Lipinski definition) is 1. The molecule has 0 aliphatic rings. The first kappa shape index (κ1) is 21.5. The Morgan fingerprint density at radius 2 is 1.58 bits per heavy atom. The molecule has 0 spiro atoms. The molecule has 31 heavy (non-hydrogen) atoms. The van der Waals surface area contributed by atoms with E-state index in [2.05, 4.69) is 5.32 Å². The summed E-state index contributed by atoms with van der Waals surface area (Å²) in [7, 11) is 0. The molecule has 0 fully saturated rings. The van der Waals surface area contributed by atoms with E-state index < -0.39 is 10.9 Å². The first-order valence-electron chi connectivity index (χ1n) is 9.38. The molecule has 8 heteroatoms. The summed E-state index contributed by atoms with van der Waals surface area (Å²) in [4.78, 5) is 33.8. The molecule has 3 aromatic carbocycles. The van der Waals surface area contributed by atoms with Gasteiger partial charge in [0.25, 0.3) is 5.69 Å². The quantitative estimate of drug-likeness (QED) is 0.327. The number of benzene rings is 3. The Morgan fingerprint density at radius 1 is 0.968 bits per heavy atom. The molecule has 158 valence electrons. The van der Waals surface area contributed by atoms with E-state index >= 15 is 0 Å². The van der Waals surface area contributed by atoms with E-state index in [1.54, 1.807) is 42.5 Å². The number of ether oxygens (including phenoxy) is 2. The number of carbonyl (C=O) groups excluding carboxylic acids is 2. The van der Waals surface area contributed by atoms with Gasteiger partial charge in [0, 0.05) is 24.7 Å². The highest BCUT2D eigenvalue weighted by Gasteiger charge is 2.11. The van der Waals surface area contributed by atoms with Crippen LogP contribution >= 0.6 is 0 Å². The predicted molar refractivity (Wildman–Crippen MR) is 114 cm³/mol. The van der Waals surface area contributed by atoms with Crippen molar-refractivity contribution >= 4 is 23.3 Å². The van der Waals surface area contributed by atoms with Crippen LogP contribution in [0.15, 0.2) is 66.7 Å². The number of carbonyl (C=O) groups is 2. The molecule has 0 saturated heterocycles. The maximum Gasteiger partial charge on any atom is 0.338 e. The van der Waals surface area contributed by atoms with Gasteiger partial charge in [-0.2, -0.15) is 0 Å². The van der Waals surface area contributed by atoms with Gasteiger partial charge < -0.3 is 14.8 Å². The summed E-state index contributed by atoms with van der Waals surface area (Å²) in [6, 6.07) is 17.7. The Bertz CT molecular complexity index is 1110. The Labute approximate surface area is 178 Å². The van der Waals surface area contributed by atoms with Gasteiger partial charge in [-0.1, -0.05) is 18.2 Å². The summed E-state index contributed by atoms with van der Waals surface area (Å²) in [6.45, 7) is 3.31. The van der Waals surface area contributed by atoms with Crippen molar-refractivity contribution in [1.82, 2.24) is 0 Å². The van der Waals surface area contributed by atoms with E-state index in [0.717, 1.165) is 11.1 Å². The summed E-state index contributed by atoms with van der Waals surface area (Å²) < 4.78 is 11.0. The van der Waals surface area contributed by atoms with Crippen LogP contribution < -0.4 is 10.1 Å². The molecule has 3 rings (SSSR count). The summed E-state index contributed by atoms with van der Waals surface area (Å²) in [5.41, 5.74) is 2.50. The van der Waals surface area contributed by atoms with Crippen LogP contribution in [-0.2, 0) is 16.1 Å². The van der Waals surface area contributed by atoms with Gasteiger partial charge in [-0.05, 0) is 54.4 Å². The van der Waals surface area contributed by atoms with Gasteiger partial charge in [-0.15, -0.1) is 0 Å². The van der Waals surface area contributed by atoms with Crippen LogP contribution in [0.5, 0.6) is 11.5 Å². The average molecular weight is 420 g/mol. The minimum Gasteiger partial charge on any atom is -0.457 e. The second-order valence-electron chi connectivity index (χ2n) is 6.78. The zero-order valence-corrected chi connectivity index (χ0v) is 17.0. The third-order valence-corrected chi connectivity index (χ3v) is 4.36. The number of aryl methyl sites for hydroxylation is 1. The van der Waals surface area contributed by atoms with Gasteiger partial charge in [0.1, 0.15) is 18.1 Å². The van der Waals surface area contributed by atoms with E-state index in [1.807, 2.05) is 6.92 Å². The molecule has 0 bridgehead atoms. The van der Waals surface area contributed by atoms with Gasteiger partial charge in [0.15, 0.2) is 0 Å². The van der Waals surface area contributed by atoms with E-state index in [9.17, 15) is 19.7 Å². The first-order chi connectivity index (χ1) is 14.8. The summed E-state index contributed by atoms with van der Waals surface area (Å²) in [6.07, 6.45) is 0. The number of amides is 1. The average Bonchev–Trinajstić information content (AvgIpc) is 2.74. The van der Waals surface area contributed by atoms with Crippen LogP contribution in [0.2, 0.25) is 0 Å². The molecular weight excluding hydrogens is 400 g/mol. The van der Waals surface area contributed by atoms with E-state index in [-0.39, 0.29) is 18.2 Å². The normalized spacial score (nSPS) is 10.3. The van der Waals surface area contributed by atoms with Gasteiger partial charge in [0.2, 0.25) is 5.91 Å². The summed E-state index contributed by atoms with van der Waals surface area (Å²) in [5, 5.41) is 13.4. The van der Waals surface area contributed by atoms with Crippen LogP contribution in [0.1, 0.15) is 28.4 Å². The molecule has 3 aromatic rings. The first-order valence-corrected chi connectivity index (χ1v) is 9.38. The number of nitro groups is 1. The van der Waals surface area contributed by atoms with Gasteiger partial charge in [0.05, 0.1) is 10.5 Å². The third kappa shape index (κ3) is 5.89. The molecule has 0 aromatic heterocycles. The monoisotopic (exact) mass is 420 g/mol. The fraction of sp³-hybridized carbons (Fsp3) is 0.130.